The van der Waals surface area contributed by atoms with E-state index in [4.69, 9.17) is 11.6 Å². The second-order valence-corrected chi connectivity index (χ2v) is 11.7. The Hall–Kier alpha value is -3.13. The summed E-state index contributed by atoms with van der Waals surface area (Å²) in [6.45, 7) is 0.398. The summed E-state index contributed by atoms with van der Waals surface area (Å²) in [6.07, 6.45) is 7.56. The highest BCUT2D eigenvalue weighted by molar-refractivity contribution is 7.97. The fourth-order valence-corrected chi connectivity index (χ4v) is 6.56. The summed E-state index contributed by atoms with van der Waals surface area (Å²) in [7, 11) is 1.95. The number of halogens is 2. The molecule has 0 saturated heterocycles. The maximum atomic E-state index is 14.0. The third-order valence-corrected chi connectivity index (χ3v) is 9.04. The number of anilines is 1. The van der Waals surface area contributed by atoms with Gasteiger partial charge in [-0.2, -0.15) is 0 Å². The van der Waals surface area contributed by atoms with E-state index in [-0.39, 0.29) is 29.6 Å². The number of benzene rings is 3. The van der Waals surface area contributed by atoms with Crippen molar-refractivity contribution < 1.29 is 9.18 Å². The van der Waals surface area contributed by atoms with E-state index >= 15 is 0 Å². The topological polar surface area (TPSA) is 50.2 Å². The van der Waals surface area contributed by atoms with Crippen molar-refractivity contribution in [1.29, 1.82) is 0 Å². The summed E-state index contributed by atoms with van der Waals surface area (Å²) in [6, 6.07) is 20.9. The van der Waals surface area contributed by atoms with Crippen LogP contribution in [0.1, 0.15) is 53.7 Å². The quantitative estimate of drug-likeness (QED) is 0.231. The lowest BCUT2D eigenvalue weighted by Gasteiger charge is -2.29. The predicted octanol–water partition coefficient (Wildman–Crippen LogP) is 7.22. The Morgan fingerprint density at radius 1 is 1.15 bits per heavy atom. The number of amides is 1. The van der Waals surface area contributed by atoms with Crippen LogP contribution in [0.3, 0.4) is 0 Å². The highest BCUT2D eigenvalue weighted by atomic mass is 35.5. The number of hydrogen-bond donors (Lipinski definition) is 1. The summed E-state index contributed by atoms with van der Waals surface area (Å²) in [5, 5.41) is 0.717. The molecule has 0 bridgehead atoms. The van der Waals surface area contributed by atoms with Crippen LogP contribution in [-0.2, 0) is 24.8 Å². The molecule has 3 atom stereocenters. The summed E-state index contributed by atoms with van der Waals surface area (Å²) in [5.41, 5.74) is 4.44. The van der Waals surface area contributed by atoms with Gasteiger partial charge in [-0.05, 0) is 103 Å². The maximum absolute atomic E-state index is 14.0. The summed E-state index contributed by atoms with van der Waals surface area (Å²) < 4.78 is 18.9. The molecule has 1 heterocycles. The average Bonchev–Trinajstić information content (AvgIpc) is 3.64. The number of carbonyl (C=O) groups is 1. The Kier molecular flexibility index (Phi) is 7.47. The van der Waals surface area contributed by atoms with Crippen LogP contribution >= 0.6 is 23.5 Å². The largest absolute Gasteiger partial charge is 0.337 e. The summed E-state index contributed by atoms with van der Waals surface area (Å²) >= 11 is 7.99. The molecule has 4 aromatic rings. The van der Waals surface area contributed by atoms with Crippen molar-refractivity contribution in [2.24, 2.45) is 13.0 Å². The molecule has 200 valence electrons. The minimum absolute atomic E-state index is 0.101. The molecule has 39 heavy (non-hydrogen) atoms. The van der Waals surface area contributed by atoms with Gasteiger partial charge in [0.15, 0.2) is 0 Å². The Morgan fingerprint density at radius 3 is 2.74 bits per heavy atom. The first-order chi connectivity index (χ1) is 19.0. The van der Waals surface area contributed by atoms with E-state index in [1.807, 2.05) is 47.0 Å². The van der Waals surface area contributed by atoms with Gasteiger partial charge in [0, 0.05) is 47.0 Å². The lowest BCUT2D eigenvalue weighted by atomic mass is 9.87. The number of fused-ring (bicyclic) bond motifs is 1. The molecule has 1 amide bonds. The van der Waals surface area contributed by atoms with Crippen LogP contribution < -0.4 is 9.62 Å². The van der Waals surface area contributed by atoms with Gasteiger partial charge in [-0.3, -0.25) is 9.52 Å². The smallest absolute Gasteiger partial charge is 0.231 e. The highest BCUT2D eigenvalue weighted by Crippen LogP contribution is 2.51. The number of carbonyl (C=O) groups excluding carboxylic acids is 1. The van der Waals surface area contributed by atoms with Crippen molar-refractivity contribution in [3.8, 4) is 0 Å². The molecule has 1 saturated carbocycles. The van der Waals surface area contributed by atoms with Crippen LogP contribution in [0, 0.1) is 11.7 Å². The molecule has 0 spiro atoms. The molecule has 2 aliphatic carbocycles. The fourth-order valence-electron chi connectivity index (χ4n) is 5.49. The minimum atomic E-state index is -0.239. The van der Waals surface area contributed by atoms with E-state index in [9.17, 15) is 9.18 Å². The number of imidazole rings is 1. The average molecular weight is 561 g/mol. The molecule has 3 aromatic carbocycles. The zero-order valence-corrected chi connectivity index (χ0v) is 23.3. The first kappa shape index (κ1) is 26.1. The van der Waals surface area contributed by atoms with E-state index in [2.05, 4.69) is 27.9 Å². The van der Waals surface area contributed by atoms with Crippen molar-refractivity contribution in [3.05, 3.63) is 112 Å². The Balaban J connectivity index is 1.28. The van der Waals surface area contributed by atoms with Crippen molar-refractivity contribution in [2.45, 2.75) is 49.1 Å². The Bertz CT molecular complexity index is 1490. The first-order valence-electron chi connectivity index (χ1n) is 13.3. The van der Waals surface area contributed by atoms with Gasteiger partial charge in [-0.25, -0.2) is 9.37 Å². The summed E-state index contributed by atoms with van der Waals surface area (Å²) in [4.78, 5) is 21.4. The van der Waals surface area contributed by atoms with Crippen LogP contribution in [0.4, 0.5) is 10.1 Å². The maximum Gasteiger partial charge on any atom is 0.231 e. The zero-order valence-electron chi connectivity index (χ0n) is 21.7. The lowest BCUT2D eigenvalue weighted by Crippen LogP contribution is -2.33. The molecular formula is C31H30ClFN4OS. The van der Waals surface area contributed by atoms with Crippen molar-refractivity contribution >= 4 is 35.1 Å². The number of hydrogen-bond acceptors (Lipinski definition) is 4. The number of nitrogens with one attached hydrogen (secondary N) is 1. The molecule has 1 aromatic heterocycles. The molecule has 0 radical (unpaired) electrons. The van der Waals surface area contributed by atoms with Crippen molar-refractivity contribution in [3.63, 3.8) is 0 Å². The third-order valence-electron chi connectivity index (χ3n) is 7.79. The van der Waals surface area contributed by atoms with Crippen LogP contribution in [-0.4, -0.2) is 15.5 Å². The first-order valence-corrected chi connectivity index (χ1v) is 14.5. The van der Waals surface area contributed by atoms with E-state index in [0.29, 0.717) is 6.54 Å². The second-order valence-electron chi connectivity index (χ2n) is 10.4. The van der Waals surface area contributed by atoms with E-state index in [1.165, 1.54) is 35.2 Å². The number of aromatic nitrogens is 2. The number of rotatable bonds is 8. The molecule has 6 rings (SSSR count). The van der Waals surface area contributed by atoms with Gasteiger partial charge in [0.2, 0.25) is 5.91 Å². The molecule has 5 nitrogen and oxygen atoms in total. The predicted molar refractivity (Wildman–Crippen MR) is 154 cm³/mol. The van der Waals surface area contributed by atoms with Crippen LogP contribution in [0.15, 0.2) is 84.0 Å². The van der Waals surface area contributed by atoms with E-state index in [1.54, 1.807) is 18.3 Å². The van der Waals surface area contributed by atoms with E-state index in [0.717, 1.165) is 52.7 Å². The zero-order chi connectivity index (χ0) is 26.9. The SMILES string of the molecule is Cn1ccnc1CN(C(=O)C1CC1c1ccccc1Cl)c1ccc2c(c1)C(NSc1ccc(F)cc1)CCC2. The van der Waals surface area contributed by atoms with Crippen LogP contribution in [0.2, 0.25) is 5.02 Å². The Morgan fingerprint density at radius 2 is 1.97 bits per heavy atom. The van der Waals surface area contributed by atoms with Crippen molar-refractivity contribution in [2.75, 3.05) is 4.90 Å². The fraction of sp³-hybridized carbons (Fsp3) is 0.290. The van der Waals surface area contributed by atoms with E-state index < -0.39 is 0 Å². The highest BCUT2D eigenvalue weighted by Gasteiger charge is 2.47. The number of aryl methyl sites for hydroxylation is 2. The molecule has 2 aliphatic rings. The van der Waals surface area contributed by atoms with Crippen LogP contribution in [0.25, 0.3) is 0 Å². The molecule has 1 N–H and O–H groups in total. The van der Waals surface area contributed by atoms with Gasteiger partial charge in [0.25, 0.3) is 0 Å². The second kappa shape index (κ2) is 11.2. The molecule has 0 aliphatic heterocycles. The van der Waals surface area contributed by atoms with Gasteiger partial charge >= 0.3 is 0 Å². The van der Waals surface area contributed by atoms with Crippen LogP contribution in [0.5, 0.6) is 0 Å². The minimum Gasteiger partial charge on any atom is -0.337 e. The van der Waals surface area contributed by atoms with Gasteiger partial charge in [-0.15, -0.1) is 0 Å². The molecule has 1 fully saturated rings. The van der Waals surface area contributed by atoms with Gasteiger partial charge in [0.05, 0.1) is 6.54 Å². The standard InChI is InChI=1S/C31H30ClFN4OS/c1-36-16-15-34-30(36)19-37(31(38)27-18-26(27)24-6-2-3-7-28(24)32)22-12-9-20-5-4-8-29(25(20)17-22)35-39-23-13-10-21(33)11-14-23/h2-3,6-7,9-17,26-27,29,35H,4-5,8,18-19H2,1H3. The summed E-state index contributed by atoms with van der Waals surface area (Å²) in [5.74, 6) is 0.719. The normalized spacial score (nSPS) is 19.9. The van der Waals surface area contributed by atoms with Gasteiger partial charge in [0.1, 0.15) is 11.6 Å². The van der Waals surface area contributed by atoms with Crippen molar-refractivity contribution in [1.82, 2.24) is 14.3 Å². The van der Waals surface area contributed by atoms with Gasteiger partial charge in [-0.1, -0.05) is 35.9 Å². The Labute approximate surface area is 237 Å². The molecule has 3 unspecified atom stereocenters. The lowest BCUT2D eigenvalue weighted by molar-refractivity contribution is -0.120. The molecular weight excluding hydrogens is 531 g/mol. The number of nitrogens with zero attached hydrogens (tertiary/aromatic N) is 3. The monoisotopic (exact) mass is 560 g/mol. The van der Waals surface area contributed by atoms with Gasteiger partial charge < -0.3 is 9.47 Å². The third kappa shape index (κ3) is 5.62. The molecule has 8 heteroatoms.